The van der Waals surface area contributed by atoms with Gasteiger partial charge in [-0.15, -0.1) is 0 Å². The van der Waals surface area contributed by atoms with E-state index in [1.54, 1.807) is 11.5 Å². The van der Waals surface area contributed by atoms with Gasteiger partial charge in [0.2, 0.25) is 0 Å². The van der Waals surface area contributed by atoms with Crippen molar-refractivity contribution >= 4 is 5.97 Å². The van der Waals surface area contributed by atoms with E-state index in [4.69, 9.17) is 0 Å². The van der Waals surface area contributed by atoms with Gasteiger partial charge in [-0.05, 0) is 51.3 Å². The maximum atomic E-state index is 11.4. The Labute approximate surface area is 119 Å². The van der Waals surface area contributed by atoms with Crippen molar-refractivity contribution in [3.63, 3.8) is 0 Å². The molecule has 0 amide bonds. The molecular weight excluding hydrogens is 252 g/mol. The number of rotatable bonds is 3. The van der Waals surface area contributed by atoms with E-state index in [2.05, 4.69) is 37.9 Å². The largest absolute Gasteiger partial charge is 0.477 e. The molecule has 0 bridgehead atoms. The zero-order valence-corrected chi connectivity index (χ0v) is 12.6. The van der Waals surface area contributed by atoms with E-state index in [1.807, 2.05) is 6.92 Å². The van der Waals surface area contributed by atoms with Gasteiger partial charge in [-0.3, -0.25) is 0 Å². The van der Waals surface area contributed by atoms with Crippen LogP contribution in [0.25, 0.3) is 0 Å². The lowest BCUT2D eigenvalue weighted by Crippen LogP contribution is -2.13. The van der Waals surface area contributed by atoms with Gasteiger partial charge < -0.3 is 9.67 Å². The van der Waals surface area contributed by atoms with Crippen molar-refractivity contribution < 1.29 is 9.90 Å². The first kappa shape index (κ1) is 14.3. The van der Waals surface area contributed by atoms with Crippen molar-refractivity contribution in [2.24, 2.45) is 0 Å². The zero-order valence-electron chi connectivity index (χ0n) is 12.6. The maximum absolute atomic E-state index is 11.4. The Morgan fingerprint density at radius 3 is 2.20 bits per heavy atom. The second-order valence-corrected chi connectivity index (χ2v) is 5.36. The third kappa shape index (κ3) is 2.46. The number of aryl methyl sites for hydroxylation is 5. The van der Waals surface area contributed by atoms with Crippen LogP contribution >= 0.6 is 0 Å². The van der Waals surface area contributed by atoms with Crippen molar-refractivity contribution in [3.8, 4) is 0 Å². The number of aromatic nitrogens is 2. The number of carbonyl (C=O) groups is 1. The predicted molar refractivity (Wildman–Crippen MR) is 78.4 cm³/mol. The molecule has 0 spiro atoms. The van der Waals surface area contributed by atoms with E-state index in [1.165, 1.54) is 22.3 Å². The van der Waals surface area contributed by atoms with Crippen LogP contribution in [0.3, 0.4) is 0 Å². The average Bonchev–Trinajstić information content (AvgIpc) is 2.58. The van der Waals surface area contributed by atoms with Crippen LogP contribution in [0.1, 0.15) is 44.3 Å². The predicted octanol–water partition coefficient (Wildman–Crippen LogP) is 3.17. The van der Waals surface area contributed by atoms with Crippen LogP contribution in [0, 0.1) is 34.6 Å². The number of imidazole rings is 1. The van der Waals surface area contributed by atoms with E-state index in [-0.39, 0.29) is 5.69 Å². The molecule has 1 N–H and O–H groups in total. The van der Waals surface area contributed by atoms with Gasteiger partial charge in [0, 0.05) is 0 Å². The second-order valence-electron chi connectivity index (χ2n) is 5.36. The van der Waals surface area contributed by atoms with Crippen LogP contribution in [-0.4, -0.2) is 20.6 Å². The van der Waals surface area contributed by atoms with Gasteiger partial charge in [0.25, 0.3) is 0 Å². The Morgan fingerprint density at radius 1 is 1.15 bits per heavy atom. The normalized spacial score (nSPS) is 10.8. The minimum absolute atomic E-state index is 0.280. The summed E-state index contributed by atoms with van der Waals surface area (Å²) in [6, 6.07) is 4.25. The second kappa shape index (κ2) is 5.12. The van der Waals surface area contributed by atoms with Gasteiger partial charge in [-0.25, -0.2) is 9.78 Å². The molecule has 2 aromatic rings. The van der Waals surface area contributed by atoms with E-state index in [9.17, 15) is 9.90 Å². The molecule has 1 aromatic carbocycles. The van der Waals surface area contributed by atoms with Crippen LogP contribution in [0.2, 0.25) is 0 Å². The molecule has 0 saturated heterocycles. The highest BCUT2D eigenvalue weighted by molar-refractivity contribution is 5.87. The summed E-state index contributed by atoms with van der Waals surface area (Å²) < 4.78 is 1.78. The highest BCUT2D eigenvalue weighted by atomic mass is 16.4. The topological polar surface area (TPSA) is 55.1 Å². The van der Waals surface area contributed by atoms with Gasteiger partial charge in [0.15, 0.2) is 5.69 Å². The smallest absolute Gasteiger partial charge is 0.354 e. The molecule has 4 nitrogen and oxygen atoms in total. The summed E-state index contributed by atoms with van der Waals surface area (Å²) in [7, 11) is 0. The molecule has 4 heteroatoms. The quantitative estimate of drug-likeness (QED) is 0.933. The van der Waals surface area contributed by atoms with Crippen LogP contribution in [0.15, 0.2) is 12.1 Å². The number of benzene rings is 1. The fourth-order valence-corrected chi connectivity index (χ4v) is 2.79. The molecule has 0 saturated carbocycles. The summed E-state index contributed by atoms with van der Waals surface area (Å²) in [6.07, 6.45) is 0. The lowest BCUT2D eigenvalue weighted by Gasteiger charge is -2.14. The molecule has 0 radical (unpaired) electrons. The first-order valence-electron chi connectivity index (χ1n) is 6.65. The number of carboxylic acid groups (broad SMARTS) is 1. The number of hydrogen-bond acceptors (Lipinski definition) is 2. The SMILES string of the molecule is Cc1cc(C)c(Cn2c(C)nc(C)c2C(=O)O)c(C)c1. The Bertz CT molecular complexity index is 661. The van der Waals surface area contributed by atoms with Gasteiger partial charge in [0.05, 0.1) is 12.2 Å². The van der Waals surface area contributed by atoms with Crippen molar-refractivity contribution in [2.45, 2.75) is 41.2 Å². The van der Waals surface area contributed by atoms with Gasteiger partial charge in [-0.1, -0.05) is 17.7 Å². The lowest BCUT2D eigenvalue weighted by atomic mass is 9.99. The average molecular weight is 272 g/mol. The summed E-state index contributed by atoms with van der Waals surface area (Å²) >= 11 is 0. The number of nitrogens with zero attached hydrogens (tertiary/aromatic N) is 2. The van der Waals surface area contributed by atoms with Crippen molar-refractivity contribution in [1.29, 1.82) is 0 Å². The highest BCUT2D eigenvalue weighted by Crippen LogP contribution is 2.20. The Morgan fingerprint density at radius 2 is 1.70 bits per heavy atom. The molecule has 0 aliphatic heterocycles. The minimum atomic E-state index is -0.925. The van der Waals surface area contributed by atoms with Crippen molar-refractivity contribution in [2.75, 3.05) is 0 Å². The molecular formula is C16H20N2O2. The fraction of sp³-hybridized carbons (Fsp3) is 0.375. The van der Waals surface area contributed by atoms with Crippen LogP contribution in [-0.2, 0) is 6.54 Å². The molecule has 106 valence electrons. The molecule has 1 aromatic heterocycles. The minimum Gasteiger partial charge on any atom is -0.477 e. The van der Waals surface area contributed by atoms with Crippen LogP contribution in [0.5, 0.6) is 0 Å². The van der Waals surface area contributed by atoms with Gasteiger partial charge in [0.1, 0.15) is 5.82 Å². The summed E-state index contributed by atoms with van der Waals surface area (Å²) in [5.74, 6) is -0.190. The Balaban J connectivity index is 2.54. The third-order valence-electron chi connectivity index (χ3n) is 3.69. The fourth-order valence-electron chi connectivity index (χ4n) is 2.79. The van der Waals surface area contributed by atoms with Crippen molar-refractivity contribution in [1.82, 2.24) is 9.55 Å². The third-order valence-corrected chi connectivity index (χ3v) is 3.69. The van der Waals surface area contributed by atoms with E-state index in [0.717, 1.165) is 5.82 Å². The highest BCUT2D eigenvalue weighted by Gasteiger charge is 2.19. The zero-order chi connectivity index (χ0) is 15.0. The standard InChI is InChI=1S/C16H20N2O2/c1-9-6-10(2)14(11(3)7-9)8-18-13(5)17-12(4)15(18)16(19)20/h6-7H,8H2,1-5H3,(H,19,20). The van der Waals surface area contributed by atoms with Gasteiger partial charge in [-0.2, -0.15) is 0 Å². The Kier molecular flexibility index (Phi) is 3.66. The summed E-state index contributed by atoms with van der Waals surface area (Å²) in [4.78, 5) is 15.7. The Hall–Kier alpha value is -2.10. The van der Waals surface area contributed by atoms with Crippen LogP contribution < -0.4 is 0 Å². The molecule has 0 fully saturated rings. The van der Waals surface area contributed by atoms with E-state index in [0.29, 0.717) is 12.2 Å². The monoisotopic (exact) mass is 272 g/mol. The van der Waals surface area contributed by atoms with Crippen molar-refractivity contribution in [3.05, 3.63) is 51.6 Å². The molecule has 0 atom stereocenters. The molecule has 0 aliphatic carbocycles. The summed E-state index contributed by atoms with van der Waals surface area (Å²) in [5, 5.41) is 9.36. The summed E-state index contributed by atoms with van der Waals surface area (Å²) in [6.45, 7) is 10.3. The molecule has 2 rings (SSSR count). The van der Waals surface area contributed by atoms with Gasteiger partial charge >= 0.3 is 5.97 Å². The first-order valence-corrected chi connectivity index (χ1v) is 6.65. The van der Waals surface area contributed by atoms with Crippen LogP contribution in [0.4, 0.5) is 0 Å². The van der Waals surface area contributed by atoms with E-state index >= 15 is 0 Å². The number of aromatic carboxylic acids is 1. The maximum Gasteiger partial charge on any atom is 0.354 e. The first-order chi connectivity index (χ1) is 9.31. The van der Waals surface area contributed by atoms with E-state index < -0.39 is 5.97 Å². The molecule has 20 heavy (non-hydrogen) atoms. The molecule has 0 aliphatic rings. The number of hydrogen-bond donors (Lipinski definition) is 1. The lowest BCUT2D eigenvalue weighted by molar-refractivity contribution is 0.0684. The summed E-state index contributed by atoms with van der Waals surface area (Å²) in [5.41, 5.74) is 5.60. The number of carboxylic acids is 1. The molecule has 1 heterocycles. The molecule has 0 unspecified atom stereocenters.